The molecule has 4 heteroatoms. The maximum absolute atomic E-state index is 5.99. The van der Waals surface area contributed by atoms with Crippen LogP contribution in [-0.4, -0.2) is 56.9 Å². The molecule has 102 valence electrons. The van der Waals surface area contributed by atoms with Gasteiger partial charge in [-0.1, -0.05) is 6.92 Å². The highest BCUT2D eigenvalue weighted by molar-refractivity contribution is 4.92. The van der Waals surface area contributed by atoms with Crippen LogP contribution in [0.3, 0.4) is 0 Å². The Bertz CT molecular complexity index is 201. The van der Waals surface area contributed by atoms with Crippen molar-refractivity contribution in [1.29, 1.82) is 0 Å². The Morgan fingerprint density at radius 2 is 2.18 bits per heavy atom. The molecule has 1 aliphatic heterocycles. The first-order valence-corrected chi connectivity index (χ1v) is 6.93. The second-order valence-corrected chi connectivity index (χ2v) is 5.10. The first-order chi connectivity index (χ1) is 8.26. The van der Waals surface area contributed by atoms with Gasteiger partial charge in [-0.25, -0.2) is 0 Å². The Morgan fingerprint density at radius 1 is 1.35 bits per heavy atom. The molecule has 0 radical (unpaired) electrons. The molecule has 0 aromatic carbocycles. The minimum absolute atomic E-state index is 0.140. The van der Waals surface area contributed by atoms with E-state index in [9.17, 15) is 0 Å². The number of nitrogens with two attached hydrogens (primary N) is 1. The molecule has 17 heavy (non-hydrogen) atoms. The number of hydrogen-bond acceptors (Lipinski definition) is 4. The van der Waals surface area contributed by atoms with Crippen LogP contribution >= 0.6 is 0 Å². The van der Waals surface area contributed by atoms with E-state index in [4.69, 9.17) is 10.5 Å². The third kappa shape index (κ3) is 4.92. The molecule has 0 aromatic rings. The van der Waals surface area contributed by atoms with Gasteiger partial charge in [-0.2, -0.15) is 0 Å². The Balaban J connectivity index is 2.43. The van der Waals surface area contributed by atoms with Gasteiger partial charge < -0.3 is 20.7 Å². The first kappa shape index (κ1) is 14.9. The lowest BCUT2D eigenvalue weighted by molar-refractivity contribution is 0.178. The van der Waals surface area contributed by atoms with Crippen molar-refractivity contribution in [2.45, 2.75) is 38.1 Å². The zero-order chi connectivity index (χ0) is 12.6. The summed E-state index contributed by atoms with van der Waals surface area (Å²) in [6.45, 7) is 8.27. The smallest absolute Gasteiger partial charge is 0.0587 e. The highest BCUT2D eigenvalue weighted by atomic mass is 16.5. The molecule has 0 aromatic heterocycles. The number of nitrogens with one attached hydrogen (secondary N) is 1. The van der Waals surface area contributed by atoms with Crippen LogP contribution in [0.15, 0.2) is 0 Å². The summed E-state index contributed by atoms with van der Waals surface area (Å²) >= 11 is 0. The van der Waals surface area contributed by atoms with Gasteiger partial charge in [-0.15, -0.1) is 0 Å². The predicted molar refractivity (Wildman–Crippen MR) is 72.2 cm³/mol. The van der Waals surface area contributed by atoms with E-state index in [-0.39, 0.29) is 5.54 Å². The van der Waals surface area contributed by atoms with E-state index in [2.05, 4.69) is 17.1 Å². The molecule has 1 atom stereocenters. The summed E-state index contributed by atoms with van der Waals surface area (Å²) in [6.07, 6.45) is 4.84. The van der Waals surface area contributed by atoms with Gasteiger partial charge in [0.25, 0.3) is 0 Å². The van der Waals surface area contributed by atoms with Gasteiger partial charge in [-0.05, 0) is 45.3 Å². The maximum Gasteiger partial charge on any atom is 0.0587 e. The highest BCUT2D eigenvalue weighted by Crippen LogP contribution is 2.21. The average Bonchev–Trinajstić information content (AvgIpc) is 2.54. The van der Waals surface area contributed by atoms with Gasteiger partial charge in [0.05, 0.1) is 6.61 Å². The molecule has 0 spiro atoms. The van der Waals surface area contributed by atoms with Crippen molar-refractivity contribution < 1.29 is 4.74 Å². The minimum atomic E-state index is 0.140. The van der Waals surface area contributed by atoms with Crippen LogP contribution in [0.4, 0.5) is 0 Å². The van der Waals surface area contributed by atoms with Crippen LogP contribution in [0, 0.1) is 0 Å². The molecule has 0 bridgehead atoms. The van der Waals surface area contributed by atoms with Gasteiger partial charge in [0.2, 0.25) is 0 Å². The zero-order valence-electron chi connectivity index (χ0n) is 11.5. The lowest BCUT2D eigenvalue weighted by Crippen LogP contribution is -2.52. The number of likely N-dealkylation sites (tertiary alicyclic amines) is 1. The fraction of sp³-hybridized carbons (Fsp3) is 1.00. The number of rotatable bonds is 7. The second kappa shape index (κ2) is 8.03. The molecule has 3 N–H and O–H groups in total. The molecule has 0 aliphatic carbocycles. The zero-order valence-corrected chi connectivity index (χ0v) is 11.5. The van der Waals surface area contributed by atoms with E-state index in [0.29, 0.717) is 0 Å². The molecule has 1 fully saturated rings. The van der Waals surface area contributed by atoms with E-state index in [1.807, 2.05) is 0 Å². The van der Waals surface area contributed by atoms with E-state index in [1.165, 1.54) is 38.9 Å². The summed E-state index contributed by atoms with van der Waals surface area (Å²) in [7, 11) is 1.74. The third-order valence-corrected chi connectivity index (χ3v) is 3.77. The number of ether oxygens (including phenoxy) is 1. The molecule has 0 amide bonds. The summed E-state index contributed by atoms with van der Waals surface area (Å²) in [5, 5.41) is 3.61. The van der Waals surface area contributed by atoms with Crippen molar-refractivity contribution in [3.63, 3.8) is 0 Å². The fourth-order valence-electron chi connectivity index (χ4n) is 2.66. The molecule has 0 saturated carbocycles. The molecule has 1 heterocycles. The molecule has 1 rings (SSSR count). The van der Waals surface area contributed by atoms with Crippen LogP contribution in [-0.2, 0) is 4.74 Å². The minimum Gasteiger partial charge on any atom is -0.383 e. The largest absolute Gasteiger partial charge is 0.383 e. The molecule has 1 unspecified atom stereocenters. The average molecular weight is 243 g/mol. The Kier molecular flexibility index (Phi) is 7.04. The SMILES string of the molecule is CCCN1CCCC(CN)(NCCOC)CC1. The number of nitrogens with zero attached hydrogens (tertiary/aromatic N) is 1. The van der Waals surface area contributed by atoms with Crippen molar-refractivity contribution in [3.8, 4) is 0 Å². The summed E-state index contributed by atoms with van der Waals surface area (Å²) < 4.78 is 5.10. The summed E-state index contributed by atoms with van der Waals surface area (Å²) in [6, 6.07) is 0. The molecular formula is C13H29N3O. The summed E-state index contributed by atoms with van der Waals surface area (Å²) in [5.41, 5.74) is 6.13. The Hall–Kier alpha value is -0.160. The summed E-state index contributed by atoms with van der Waals surface area (Å²) in [4.78, 5) is 2.56. The van der Waals surface area contributed by atoms with Crippen LogP contribution in [0.5, 0.6) is 0 Å². The lowest BCUT2D eigenvalue weighted by atomic mass is 9.90. The van der Waals surface area contributed by atoms with Crippen LogP contribution in [0.2, 0.25) is 0 Å². The monoisotopic (exact) mass is 243 g/mol. The molecule has 1 saturated heterocycles. The summed E-state index contributed by atoms with van der Waals surface area (Å²) in [5.74, 6) is 0. The predicted octanol–water partition coefficient (Wildman–Crippen LogP) is 0.816. The van der Waals surface area contributed by atoms with E-state index < -0.39 is 0 Å². The van der Waals surface area contributed by atoms with Gasteiger partial charge >= 0.3 is 0 Å². The maximum atomic E-state index is 5.99. The standard InChI is InChI=1S/C13H29N3O/c1-3-8-16-9-4-5-13(12-14,6-10-16)15-7-11-17-2/h15H,3-12,14H2,1-2H3. The third-order valence-electron chi connectivity index (χ3n) is 3.77. The van der Waals surface area contributed by atoms with Gasteiger partial charge in [0.15, 0.2) is 0 Å². The van der Waals surface area contributed by atoms with Gasteiger partial charge in [0.1, 0.15) is 0 Å². The molecule has 1 aliphatic rings. The van der Waals surface area contributed by atoms with Crippen molar-refractivity contribution in [3.05, 3.63) is 0 Å². The van der Waals surface area contributed by atoms with Crippen molar-refractivity contribution in [1.82, 2.24) is 10.2 Å². The molecular weight excluding hydrogens is 214 g/mol. The Labute approximate surface area is 106 Å². The number of methoxy groups -OCH3 is 1. The second-order valence-electron chi connectivity index (χ2n) is 5.10. The van der Waals surface area contributed by atoms with Crippen molar-refractivity contribution in [2.24, 2.45) is 5.73 Å². The van der Waals surface area contributed by atoms with Crippen LogP contribution < -0.4 is 11.1 Å². The van der Waals surface area contributed by atoms with E-state index >= 15 is 0 Å². The first-order valence-electron chi connectivity index (χ1n) is 6.93. The van der Waals surface area contributed by atoms with Crippen LogP contribution in [0.25, 0.3) is 0 Å². The van der Waals surface area contributed by atoms with Crippen LogP contribution in [0.1, 0.15) is 32.6 Å². The van der Waals surface area contributed by atoms with E-state index in [0.717, 1.165) is 26.1 Å². The topological polar surface area (TPSA) is 50.5 Å². The van der Waals surface area contributed by atoms with E-state index in [1.54, 1.807) is 7.11 Å². The van der Waals surface area contributed by atoms with Gasteiger partial charge in [-0.3, -0.25) is 0 Å². The highest BCUT2D eigenvalue weighted by Gasteiger charge is 2.30. The number of hydrogen-bond donors (Lipinski definition) is 2. The van der Waals surface area contributed by atoms with Crippen molar-refractivity contribution >= 4 is 0 Å². The fourth-order valence-corrected chi connectivity index (χ4v) is 2.66. The Morgan fingerprint density at radius 3 is 2.82 bits per heavy atom. The normalized spacial score (nSPS) is 27.0. The van der Waals surface area contributed by atoms with Crippen molar-refractivity contribution in [2.75, 3.05) is 46.4 Å². The van der Waals surface area contributed by atoms with Gasteiger partial charge in [0, 0.05) is 25.7 Å². The quantitative estimate of drug-likeness (QED) is 0.650. The lowest BCUT2D eigenvalue weighted by Gasteiger charge is -2.33. The molecule has 4 nitrogen and oxygen atoms in total.